The van der Waals surface area contributed by atoms with Crippen molar-refractivity contribution in [3.63, 3.8) is 0 Å². The van der Waals surface area contributed by atoms with Crippen LogP contribution in [0.4, 0.5) is 0 Å². The van der Waals surface area contributed by atoms with Gasteiger partial charge in [-0.25, -0.2) is 0 Å². The van der Waals surface area contributed by atoms with Crippen LogP contribution in [0.3, 0.4) is 0 Å². The van der Waals surface area contributed by atoms with Gasteiger partial charge in [0.05, 0.1) is 0 Å². The highest BCUT2D eigenvalue weighted by atomic mass is 15.3. The summed E-state index contributed by atoms with van der Waals surface area (Å²) >= 11 is 0. The van der Waals surface area contributed by atoms with Gasteiger partial charge in [0, 0.05) is 31.7 Å². The number of fused-ring (bicyclic) bond motifs is 1. The van der Waals surface area contributed by atoms with E-state index >= 15 is 0 Å². The first kappa shape index (κ1) is 9.17. The van der Waals surface area contributed by atoms with Gasteiger partial charge < -0.3 is 0 Å². The van der Waals surface area contributed by atoms with Gasteiger partial charge in [-0.2, -0.15) is 0 Å². The van der Waals surface area contributed by atoms with Gasteiger partial charge in [-0.1, -0.05) is 6.92 Å². The molecule has 1 aliphatic carbocycles. The molecule has 2 nitrogen and oxygen atoms in total. The van der Waals surface area contributed by atoms with Crippen molar-refractivity contribution in [1.29, 1.82) is 0 Å². The Morgan fingerprint density at radius 1 is 0.857 bits per heavy atom. The van der Waals surface area contributed by atoms with Crippen LogP contribution in [-0.2, 0) is 0 Å². The summed E-state index contributed by atoms with van der Waals surface area (Å²) in [5.74, 6) is 0.888. The molecule has 0 N–H and O–H groups in total. The lowest BCUT2D eigenvalue weighted by atomic mass is 10.1. The minimum Gasteiger partial charge on any atom is -0.299 e. The highest BCUT2D eigenvalue weighted by molar-refractivity contribution is 4.93. The van der Waals surface area contributed by atoms with E-state index in [0.29, 0.717) is 0 Å². The smallest absolute Gasteiger partial charge is 0.0223 e. The predicted molar refractivity (Wildman–Crippen MR) is 58.4 cm³/mol. The number of hydrogen-bond acceptors (Lipinski definition) is 2. The van der Waals surface area contributed by atoms with Crippen molar-refractivity contribution in [3.05, 3.63) is 0 Å². The summed E-state index contributed by atoms with van der Waals surface area (Å²) in [6.07, 6.45) is 5.84. The highest BCUT2D eigenvalue weighted by Gasteiger charge is 2.37. The number of hydrogen-bond donors (Lipinski definition) is 0. The zero-order chi connectivity index (χ0) is 9.54. The van der Waals surface area contributed by atoms with Gasteiger partial charge >= 0.3 is 0 Å². The molecule has 2 aliphatic heterocycles. The van der Waals surface area contributed by atoms with Crippen LogP contribution in [0.25, 0.3) is 0 Å². The van der Waals surface area contributed by atoms with Gasteiger partial charge in [-0.3, -0.25) is 9.80 Å². The van der Waals surface area contributed by atoms with Gasteiger partial charge in [0.25, 0.3) is 0 Å². The summed E-state index contributed by atoms with van der Waals surface area (Å²) in [6.45, 7) is 7.88. The van der Waals surface area contributed by atoms with Gasteiger partial charge in [0.1, 0.15) is 0 Å². The van der Waals surface area contributed by atoms with E-state index in [1.807, 2.05) is 0 Å². The second-order valence-electron chi connectivity index (χ2n) is 5.58. The monoisotopic (exact) mass is 194 g/mol. The molecule has 2 atom stereocenters. The number of rotatable bonds is 1. The Balaban J connectivity index is 1.71. The molecule has 2 heteroatoms. The first-order chi connectivity index (χ1) is 6.83. The molecule has 3 aliphatic rings. The van der Waals surface area contributed by atoms with Crippen LogP contribution in [-0.4, -0.2) is 48.1 Å². The summed E-state index contributed by atoms with van der Waals surface area (Å²) in [5, 5.41) is 0. The van der Waals surface area contributed by atoms with Crippen LogP contribution < -0.4 is 0 Å². The molecule has 0 spiro atoms. The molecule has 1 saturated carbocycles. The molecule has 3 rings (SSSR count). The lowest BCUT2D eigenvalue weighted by molar-refractivity contribution is 0.214. The largest absolute Gasteiger partial charge is 0.299 e. The fourth-order valence-corrected chi connectivity index (χ4v) is 3.28. The van der Waals surface area contributed by atoms with Crippen molar-refractivity contribution in [2.75, 3.05) is 26.2 Å². The van der Waals surface area contributed by atoms with Crippen LogP contribution in [0.5, 0.6) is 0 Å². The first-order valence-electron chi connectivity index (χ1n) is 6.31. The molecule has 0 aromatic heterocycles. The van der Waals surface area contributed by atoms with Crippen molar-refractivity contribution >= 4 is 0 Å². The van der Waals surface area contributed by atoms with Crippen LogP contribution in [0.15, 0.2) is 0 Å². The highest BCUT2D eigenvalue weighted by Crippen LogP contribution is 2.32. The van der Waals surface area contributed by atoms with Crippen molar-refractivity contribution in [3.8, 4) is 0 Å². The van der Waals surface area contributed by atoms with Crippen molar-refractivity contribution in [1.82, 2.24) is 9.80 Å². The summed E-state index contributed by atoms with van der Waals surface area (Å²) in [6, 6.07) is 1.87. The lowest BCUT2D eigenvalue weighted by Crippen LogP contribution is -2.37. The van der Waals surface area contributed by atoms with Gasteiger partial charge in [0.2, 0.25) is 0 Å². The summed E-state index contributed by atoms with van der Waals surface area (Å²) in [7, 11) is 0. The van der Waals surface area contributed by atoms with Crippen LogP contribution >= 0.6 is 0 Å². The average molecular weight is 194 g/mol. The molecular formula is C12H22N2. The minimum atomic E-state index is 0.888. The van der Waals surface area contributed by atoms with E-state index in [4.69, 9.17) is 0 Å². The average Bonchev–Trinajstić information content (AvgIpc) is 2.92. The third kappa shape index (κ3) is 1.70. The Morgan fingerprint density at radius 2 is 1.64 bits per heavy atom. The lowest BCUT2D eigenvalue weighted by Gasteiger charge is -2.25. The quantitative estimate of drug-likeness (QED) is 0.625. The topological polar surface area (TPSA) is 6.48 Å². The van der Waals surface area contributed by atoms with E-state index < -0.39 is 0 Å². The summed E-state index contributed by atoms with van der Waals surface area (Å²) in [4.78, 5) is 5.52. The maximum atomic E-state index is 2.78. The van der Waals surface area contributed by atoms with E-state index in [9.17, 15) is 0 Å². The first-order valence-corrected chi connectivity index (χ1v) is 6.31. The molecular weight excluding hydrogens is 172 g/mol. The zero-order valence-electron chi connectivity index (χ0n) is 9.28. The predicted octanol–water partition coefficient (Wildman–Crippen LogP) is 1.56. The molecule has 14 heavy (non-hydrogen) atoms. The second kappa shape index (κ2) is 3.49. The maximum absolute atomic E-state index is 2.78. The molecule has 3 fully saturated rings. The van der Waals surface area contributed by atoms with E-state index in [-0.39, 0.29) is 0 Å². The summed E-state index contributed by atoms with van der Waals surface area (Å²) < 4.78 is 0. The Hall–Kier alpha value is -0.0800. The van der Waals surface area contributed by atoms with Gasteiger partial charge in [0.15, 0.2) is 0 Å². The normalized spacial score (nSPS) is 40.9. The third-order valence-corrected chi connectivity index (χ3v) is 4.10. The van der Waals surface area contributed by atoms with Gasteiger partial charge in [-0.15, -0.1) is 0 Å². The molecule has 0 aromatic rings. The molecule has 2 saturated heterocycles. The Labute approximate surface area is 87.3 Å². The van der Waals surface area contributed by atoms with E-state index in [1.165, 1.54) is 51.9 Å². The van der Waals surface area contributed by atoms with E-state index in [0.717, 1.165) is 18.0 Å². The SMILES string of the molecule is CC1CN2CCCC2CN(C2CC2)C1. The maximum Gasteiger partial charge on any atom is 0.0223 e. The standard InChI is InChI=1S/C12H22N2/c1-10-7-13-6-2-3-12(13)9-14(8-10)11-4-5-11/h10-12H,2-9H2,1H3. The Morgan fingerprint density at radius 3 is 2.43 bits per heavy atom. The van der Waals surface area contributed by atoms with E-state index in [2.05, 4.69) is 16.7 Å². The fraction of sp³-hybridized carbons (Fsp3) is 1.00. The van der Waals surface area contributed by atoms with E-state index in [1.54, 1.807) is 0 Å². The molecule has 0 aromatic carbocycles. The minimum absolute atomic E-state index is 0.888. The van der Waals surface area contributed by atoms with Crippen LogP contribution in [0.2, 0.25) is 0 Å². The Bertz CT molecular complexity index is 212. The number of nitrogens with zero attached hydrogens (tertiary/aromatic N) is 2. The summed E-state index contributed by atoms with van der Waals surface area (Å²) in [5.41, 5.74) is 0. The van der Waals surface area contributed by atoms with Crippen LogP contribution in [0.1, 0.15) is 32.6 Å². The zero-order valence-corrected chi connectivity index (χ0v) is 9.28. The van der Waals surface area contributed by atoms with Crippen molar-refractivity contribution < 1.29 is 0 Å². The molecule has 80 valence electrons. The molecule has 2 heterocycles. The van der Waals surface area contributed by atoms with Crippen molar-refractivity contribution in [2.24, 2.45) is 5.92 Å². The third-order valence-electron chi connectivity index (χ3n) is 4.10. The fourth-order valence-electron chi connectivity index (χ4n) is 3.28. The van der Waals surface area contributed by atoms with Gasteiger partial charge in [-0.05, 0) is 38.1 Å². The molecule has 0 radical (unpaired) electrons. The second-order valence-corrected chi connectivity index (χ2v) is 5.58. The molecule has 0 amide bonds. The Kier molecular flexibility index (Phi) is 2.29. The van der Waals surface area contributed by atoms with Crippen molar-refractivity contribution in [2.45, 2.75) is 44.7 Å². The molecule has 0 bridgehead atoms. The molecule has 2 unspecified atom stereocenters. The van der Waals surface area contributed by atoms with Crippen LogP contribution in [0, 0.1) is 5.92 Å².